The number of furan rings is 2. The van der Waals surface area contributed by atoms with Crippen LogP contribution in [0.15, 0.2) is 195 Å². The van der Waals surface area contributed by atoms with Crippen LogP contribution in [0.3, 0.4) is 0 Å². The SMILES string of the molecule is c1ccc(C2=NC(c3ccc(-c4cccc5c4oc4c6ccccc6ccc54)c4oc5ccccc5c34)N=C(c3cc4ccccc4c4ccccc34)N2)cc1. The van der Waals surface area contributed by atoms with Crippen molar-refractivity contribution < 1.29 is 8.83 Å². The first kappa shape index (κ1) is 30.9. The monoisotopic (exact) mass is 717 g/mol. The van der Waals surface area contributed by atoms with Crippen LogP contribution in [0.5, 0.6) is 0 Å². The lowest BCUT2D eigenvalue weighted by atomic mass is 9.95. The highest BCUT2D eigenvalue weighted by Gasteiger charge is 2.27. The summed E-state index contributed by atoms with van der Waals surface area (Å²) < 4.78 is 13.7. The Morgan fingerprint density at radius 2 is 1.05 bits per heavy atom. The molecule has 3 heterocycles. The highest BCUT2D eigenvalue weighted by Crippen LogP contribution is 2.45. The van der Waals surface area contributed by atoms with E-state index in [0.29, 0.717) is 0 Å². The molecule has 0 amide bonds. The van der Waals surface area contributed by atoms with E-state index >= 15 is 0 Å². The van der Waals surface area contributed by atoms with Crippen LogP contribution in [0, 0.1) is 0 Å². The third-order valence-electron chi connectivity index (χ3n) is 11.3. The summed E-state index contributed by atoms with van der Waals surface area (Å²) in [5, 5.41) is 14.8. The van der Waals surface area contributed by atoms with E-state index in [9.17, 15) is 0 Å². The molecule has 0 saturated heterocycles. The molecule has 0 fully saturated rings. The standard InChI is InChI=1S/C51H31N3O2/c1-2-14-31(15-3-1)49-52-50(54-51(53-49)43-29-32-16-5-6-17-33(32)35-19-8-9-20-36(35)43)42-28-27-40(48-45(42)41-21-10-11-24-44(41)55-48)38-23-12-22-37-39-26-25-30-13-4-7-18-34(30)46(39)56-47(37)38/h1-29,50H,(H,52,53,54). The van der Waals surface area contributed by atoms with E-state index in [4.69, 9.17) is 18.8 Å². The fraction of sp³-hybridized carbons (Fsp3) is 0.0196. The molecular formula is C51H31N3O2. The first-order chi connectivity index (χ1) is 27.8. The average molecular weight is 718 g/mol. The second kappa shape index (κ2) is 12.0. The number of amidine groups is 2. The molecule has 1 unspecified atom stereocenters. The molecule has 11 aromatic rings. The molecule has 0 radical (unpaired) electrons. The number of benzene rings is 9. The van der Waals surface area contributed by atoms with Gasteiger partial charge in [0.2, 0.25) is 0 Å². The molecule has 1 atom stereocenters. The fourth-order valence-electron chi connectivity index (χ4n) is 8.74. The molecule has 0 aliphatic carbocycles. The smallest absolute Gasteiger partial charge is 0.170 e. The van der Waals surface area contributed by atoms with E-state index < -0.39 is 6.17 Å². The van der Waals surface area contributed by atoms with Gasteiger partial charge in [-0.1, -0.05) is 158 Å². The molecule has 1 N–H and O–H groups in total. The number of rotatable bonds is 4. The summed E-state index contributed by atoms with van der Waals surface area (Å²) in [5.41, 5.74) is 8.24. The van der Waals surface area contributed by atoms with Gasteiger partial charge < -0.3 is 14.2 Å². The average Bonchev–Trinajstić information content (AvgIpc) is 3.86. The first-order valence-corrected chi connectivity index (χ1v) is 18.9. The highest BCUT2D eigenvalue weighted by atomic mass is 16.3. The molecule has 0 saturated carbocycles. The molecule has 0 spiro atoms. The lowest BCUT2D eigenvalue weighted by Crippen LogP contribution is -2.36. The molecular weight excluding hydrogens is 687 g/mol. The van der Waals surface area contributed by atoms with Gasteiger partial charge in [-0.25, -0.2) is 9.98 Å². The van der Waals surface area contributed by atoms with Gasteiger partial charge in [-0.2, -0.15) is 0 Å². The Bertz CT molecular complexity index is 3460. The molecule has 262 valence electrons. The minimum Gasteiger partial charge on any atom is -0.455 e. The largest absolute Gasteiger partial charge is 0.455 e. The van der Waals surface area contributed by atoms with Gasteiger partial charge in [0.05, 0.1) is 0 Å². The number of aliphatic imine (C=N–C) groups is 2. The zero-order chi connectivity index (χ0) is 36.7. The minimum atomic E-state index is -0.558. The lowest BCUT2D eigenvalue weighted by molar-refractivity contribution is 0.665. The second-order valence-corrected chi connectivity index (χ2v) is 14.5. The minimum absolute atomic E-state index is 0.558. The summed E-state index contributed by atoms with van der Waals surface area (Å²) in [6.45, 7) is 0. The quantitative estimate of drug-likeness (QED) is 0.184. The number of hydrogen-bond acceptors (Lipinski definition) is 5. The normalized spacial score (nSPS) is 14.6. The fourth-order valence-corrected chi connectivity index (χ4v) is 8.74. The maximum atomic E-state index is 6.84. The molecule has 12 rings (SSSR count). The molecule has 0 bridgehead atoms. The molecule has 5 heteroatoms. The van der Waals surface area contributed by atoms with Crippen LogP contribution in [0.1, 0.15) is 22.9 Å². The van der Waals surface area contributed by atoms with E-state index in [-0.39, 0.29) is 0 Å². The van der Waals surface area contributed by atoms with Crippen molar-refractivity contribution in [3.63, 3.8) is 0 Å². The summed E-state index contributed by atoms with van der Waals surface area (Å²) in [5.74, 6) is 1.54. The van der Waals surface area contributed by atoms with Crippen LogP contribution in [0.2, 0.25) is 0 Å². The van der Waals surface area contributed by atoms with E-state index in [1.807, 2.05) is 30.3 Å². The van der Waals surface area contributed by atoms with Crippen LogP contribution in [-0.2, 0) is 0 Å². The predicted molar refractivity (Wildman–Crippen MR) is 231 cm³/mol. The van der Waals surface area contributed by atoms with Crippen LogP contribution < -0.4 is 5.32 Å². The molecule has 2 aromatic heterocycles. The Labute approximate surface area is 320 Å². The topological polar surface area (TPSA) is 63.0 Å². The van der Waals surface area contributed by atoms with Crippen molar-refractivity contribution in [2.45, 2.75) is 6.17 Å². The van der Waals surface area contributed by atoms with Crippen molar-refractivity contribution in [2.75, 3.05) is 0 Å². The summed E-state index contributed by atoms with van der Waals surface area (Å²) in [7, 11) is 0. The van der Waals surface area contributed by atoms with Crippen LogP contribution in [0.4, 0.5) is 0 Å². The van der Waals surface area contributed by atoms with E-state index in [2.05, 4.69) is 151 Å². The van der Waals surface area contributed by atoms with E-state index in [0.717, 1.165) is 105 Å². The van der Waals surface area contributed by atoms with Crippen molar-refractivity contribution in [3.8, 4) is 11.1 Å². The number of nitrogens with zero attached hydrogens (tertiary/aromatic N) is 2. The maximum absolute atomic E-state index is 6.84. The molecule has 1 aliphatic rings. The third-order valence-corrected chi connectivity index (χ3v) is 11.3. The molecule has 56 heavy (non-hydrogen) atoms. The van der Waals surface area contributed by atoms with Crippen LogP contribution >= 0.6 is 0 Å². The molecule has 1 aliphatic heterocycles. The number of fused-ring (bicyclic) bond motifs is 11. The number of nitrogens with one attached hydrogen (secondary N) is 1. The van der Waals surface area contributed by atoms with Crippen LogP contribution in [0.25, 0.3) is 87.3 Å². The predicted octanol–water partition coefficient (Wildman–Crippen LogP) is 13.1. The molecule has 5 nitrogen and oxygen atoms in total. The second-order valence-electron chi connectivity index (χ2n) is 14.5. The zero-order valence-electron chi connectivity index (χ0n) is 30.0. The first-order valence-electron chi connectivity index (χ1n) is 18.9. The van der Waals surface area contributed by atoms with Gasteiger partial charge in [0.15, 0.2) is 6.17 Å². The Hall–Kier alpha value is -7.50. The van der Waals surface area contributed by atoms with Crippen LogP contribution in [-0.4, -0.2) is 11.7 Å². The zero-order valence-corrected chi connectivity index (χ0v) is 30.0. The summed E-state index contributed by atoms with van der Waals surface area (Å²) >= 11 is 0. The Morgan fingerprint density at radius 1 is 0.393 bits per heavy atom. The molecule has 9 aromatic carbocycles. The van der Waals surface area contributed by atoms with Gasteiger partial charge in [-0.05, 0) is 45.1 Å². The Kier molecular flexibility index (Phi) is 6.63. The van der Waals surface area contributed by atoms with Gasteiger partial charge in [-0.15, -0.1) is 0 Å². The number of hydrogen-bond donors (Lipinski definition) is 1. The van der Waals surface area contributed by atoms with Gasteiger partial charge >= 0.3 is 0 Å². The van der Waals surface area contributed by atoms with Gasteiger partial charge in [0.25, 0.3) is 0 Å². The van der Waals surface area contributed by atoms with Crippen molar-refractivity contribution in [3.05, 3.63) is 193 Å². The van der Waals surface area contributed by atoms with E-state index in [1.54, 1.807) is 0 Å². The van der Waals surface area contributed by atoms with Crippen molar-refractivity contribution >= 4 is 87.9 Å². The van der Waals surface area contributed by atoms with E-state index in [1.165, 1.54) is 10.8 Å². The maximum Gasteiger partial charge on any atom is 0.170 e. The van der Waals surface area contributed by atoms with Crippen molar-refractivity contribution in [2.24, 2.45) is 9.98 Å². The van der Waals surface area contributed by atoms with Crippen molar-refractivity contribution in [1.82, 2.24) is 5.32 Å². The Balaban J connectivity index is 1.11. The summed E-state index contributed by atoms with van der Waals surface area (Å²) in [6, 6.07) is 61.4. The Morgan fingerprint density at radius 3 is 1.93 bits per heavy atom. The summed E-state index contributed by atoms with van der Waals surface area (Å²) in [4.78, 5) is 10.8. The van der Waals surface area contributed by atoms with Gasteiger partial charge in [0, 0.05) is 54.7 Å². The summed E-state index contributed by atoms with van der Waals surface area (Å²) in [6.07, 6.45) is -0.558. The highest BCUT2D eigenvalue weighted by molar-refractivity contribution is 6.24. The number of para-hydroxylation sites is 2. The van der Waals surface area contributed by atoms with Crippen molar-refractivity contribution in [1.29, 1.82) is 0 Å². The third kappa shape index (κ3) is 4.61. The van der Waals surface area contributed by atoms with Gasteiger partial charge in [-0.3, -0.25) is 0 Å². The van der Waals surface area contributed by atoms with Gasteiger partial charge in [0.1, 0.15) is 34.0 Å². The lowest BCUT2D eigenvalue weighted by Gasteiger charge is -2.24.